The molecule has 0 saturated carbocycles. The molecule has 2 heterocycles. The summed E-state index contributed by atoms with van der Waals surface area (Å²) in [5.74, 6) is 1.17. The fraction of sp³-hybridized carbons (Fsp3) is 0.273. The summed E-state index contributed by atoms with van der Waals surface area (Å²) in [5, 5.41) is 4.10. The van der Waals surface area contributed by atoms with Crippen molar-refractivity contribution >= 4 is 5.69 Å². The average Bonchev–Trinajstić information content (AvgIpc) is 2.81. The fourth-order valence-electron chi connectivity index (χ4n) is 1.29. The van der Waals surface area contributed by atoms with E-state index in [1.807, 2.05) is 19.2 Å². The lowest BCUT2D eigenvalue weighted by Crippen LogP contribution is -2.05. The molecule has 0 unspecified atom stereocenters. The van der Waals surface area contributed by atoms with E-state index in [9.17, 15) is 0 Å². The quantitative estimate of drug-likeness (QED) is 0.847. The molecule has 5 nitrogen and oxygen atoms in total. The van der Waals surface area contributed by atoms with Crippen LogP contribution in [-0.4, -0.2) is 21.4 Å². The minimum absolute atomic E-state index is 0.467. The van der Waals surface area contributed by atoms with Gasteiger partial charge in [-0.25, -0.2) is 4.68 Å². The molecule has 16 heavy (non-hydrogen) atoms. The number of nitrogens with zero attached hydrogens (tertiary/aromatic N) is 3. The van der Waals surface area contributed by atoms with Crippen molar-refractivity contribution in [3.05, 3.63) is 30.6 Å². The van der Waals surface area contributed by atoms with Crippen LogP contribution in [0, 0.1) is 0 Å². The topological polar surface area (TPSA) is 66.0 Å². The summed E-state index contributed by atoms with van der Waals surface area (Å²) >= 11 is 0. The number of pyridine rings is 1. The van der Waals surface area contributed by atoms with Crippen molar-refractivity contribution in [2.24, 2.45) is 0 Å². The van der Waals surface area contributed by atoms with Gasteiger partial charge in [-0.05, 0) is 24.6 Å². The molecule has 0 aliphatic carbocycles. The van der Waals surface area contributed by atoms with E-state index in [1.54, 1.807) is 23.0 Å². The van der Waals surface area contributed by atoms with Gasteiger partial charge in [0.2, 0.25) is 5.88 Å². The van der Waals surface area contributed by atoms with Crippen LogP contribution in [0.15, 0.2) is 30.6 Å². The number of rotatable bonds is 4. The van der Waals surface area contributed by atoms with Crippen LogP contribution in [0.1, 0.15) is 13.3 Å². The van der Waals surface area contributed by atoms with Gasteiger partial charge in [0, 0.05) is 12.4 Å². The molecule has 2 N–H and O–H groups in total. The number of nitrogen functional groups attached to an aromatic ring is 1. The predicted octanol–water partition coefficient (Wildman–Crippen LogP) is 1.64. The largest absolute Gasteiger partial charge is 0.476 e. The van der Waals surface area contributed by atoms with Crippen molar-refractivity contribution in [3.63, 3.8) is 0 Å². The molecular formula is C11H14N4O. The van der Waals surface area contributed by atoms with Gasteiger partial charge in [0.05, 0.1) is 12.3 Å². The van der Waals surface area contributed by atoms with Gasteiger partial charge in [-0.3, -0.25) is 0 Å². The molecule has 0 aromatic carbocycles. The third kappa shape index (κ3) is 2.13. The van der Waals surface area contributed by atoms with Crippen LogP contribution < -0.4 is 10.5 Å². The van der Waals surface area contributed by atoms with Gasteiger partial charge in [0.25, 0.3) is 0 Å². The first-order valence-electron chi connectivity index (χ1n) is 5.20. The number of aromatic nitrogens is 3. The molecule has 0 amide bonds. The van der Waals surface area contributed by atoms with Crippen molar-refractivity contribution in [1.29, 1.82) is 0 Å². The van der Waals surface area contributed by atoms with Gasteiger partial charge in [-0.2, -0.15) is 10.1 Å². The van der Waals surface area contributed by atoms with E-state index in [0.717, 1.165) is 6.42 Å². The number of anilines is 1. The molecule has 5 heteroatoms. The Hall–Kier alpha value is -2.04. The molecule has 0 bridgehead atoms. The van der Waals surface area contributed by atoms with Crippen molar-refractivity contribution in [2.45, 2.75) is 13.3 Å². The Labute approximate surface area is 93.9 Å². The summed E-state index contributed by atoms with van der Waals surface area (Å²) in [7, 11) is 0. The van der Waals surface area contributed by atoms with Crippen LogP contribution in [0.5, 0.6) is 5.88 Å². The summed E-state index contributed by atoms with van der Waals surface area (Å²) in [6.07, 6.45) is 4.44. The van der Waals surface area contributed by atoms with E-state index in [1.165, 1.54) is 0 Å². The number of nitrogens with two attached hydrogens (primary N) is 1. The van der Waals surface area contributed by atoms with Crippen LogP contribution in [0.25, 0.3) is 5.82 Å². The van der Waals surface area contributed by atoms with E-state index in [-0.39, 0.29) is 0 Å². The van der Waals surface area contributed by atoms with E-state index in [0.29, 0.717) is 24.0 Å². The molecule has 2 aromatic heterocycles. The molecule has 2 rings (SSSR count). The Morgan fingerprint density at radius 3 is 3.00 bits per heavy atom. The van der Waals surface area contributed by atoms with Crippen molar-refractivity contribution in [2.75, 3.05) is 12.3 Å². The standard InChI is InChI=1S/C11H14N4O/c1-2-8-16-11-9(12)4-5-10(14-11)15-7-3-6-13-15/h3-7H,2,8,12H2,1H3. The zero-order valence-electron chi connectivity index (χ0n) is 9.13. The Balaban J connectivity index is 2.28. The first-order valence-corrected chi connectivity index (χ1v) is 5.20. The highest BCUT2D eigenvalue weighted by atomic mass is 16.5. The number of ether oxygens (including phenoxy) is 1. The molecule has 0 aliphatic rings. The first-order chi connectivity index (χ1) is 7.81. The minimum atomic E-state index is 0.467. The molecule has 0 radical (unpaired) electrons. The average molecular weight is 218 g/mol. The highest BCUT2D eigenvalue weighted by Crippen LogP contribution is 2.19. The summed E-state index contributed by atoms with van der Waals surface area (Å²) < 4.78 is 7.11. The van der Waals surface area contributed by atoms with E-state index in [4.69, 9.17) is 10.5 Å². The van der Waals surface area contributed by atoms with Crippen LogP contribution in [0.4, 0.5) is 5.69 Å². The second kappa shape index (κ2) is 4.65. The Bertz CT molecular complexity index is 453. The van der Waals surface area contributed by atoms with Crippen molar-refractivity contribution in [3.8, 4) is 11.7 Å². The lowest BCUT2D eigenvalue weighted by molar-refractivity contribution is 0.307. The van der Waals surface area contributed by atoms with E-state index < -0.39 is 0 Å². The molecule has 84 valence electrons. The molecule has 2 aromatic rings. The maximum absolute atomic E-state index is 5.77. The zero-order chi connectivity index (χ0) is 11.4. The van der Waals surface area contributed by atoms with Crippen LogP contribution in [0.3, 0.4) is 0 Å². The van der Waals surface area contributed by atoms with Crippen molar-refractivity contribution < 1.29 is 4.74 Å². The van der Waals surface area contributed by atoms with Gasteiger partial charge < -0.3 is 10.5 Å². The molecule has 0 saturated heterocycles. The Morgan fingerprint density at radius 1 is 1.44 bits per heavy atom. The third-order valence-electron chi connectivity index (χ3n) is 2.06. The normalized spacial score (nSPS) is 10.3. The third-order valence-corrected chi connectivity index (χ3v) is 2.06. The number of hydrogen-bond acceptors (Lipinski definition) is 4. The van der Waals surface area contributed by atoms with Gasteiger partial charge in [0.15, 0.2) is 5.82 Å². The fourth-order valence-corrected chi connectivity index (χ4v) is 1.29. The summed E-state index contributed by atoms with van der Waals surface area (Å²) in [4.78, 5) is 4.31. The van der Waals surface area contributed by atoms with Crippen LogP contribution >= 0.6 is 0 Å². The lowest BCUT2D eigenvalue weighted by atomic mass is 10.4. The lowest BCUT2D eigenvalue weighted by Gasteiger charge is -2.08. The predicted molar refractivity (Wildman–Crippen MR) is 61.6 cm³/mol. The smallest absolute Gasteiger partial charge is 0.239 e. The van der Waals surface area contributed by atoms with Crippen LogP contribution in [0.2, 0.25) is 0 Å². The van der Waals surface area contributed by atoms with Gasteiger partial charge in [-0.1, -0.05) is 6.92 Å². The van der Waals surface area contributed by atoms with E-state index >= 15 is 0 Å². The summed E-state index contributed by atoms with van der Waals surface area (Å²) in [6, 6.07) is 5.42. The molecule has 0 fully saturated rings. The second-order valence-electron chi connectivity index (χ2n) is 3.36. The van der Waals surface area contributed by atoms with E-state index in [2.05, 4.69) is 10.1 Å². The summed E-state index contributed by atoms with van der Waals surface area (Å²) in [5.41, 5.74) is 6.31. The Kier molecular flexibility index (Phi) is 3.05. The summed E-state index contributed by atoms with van der Waals surface area (Å²) in [6.45, 7) is 2.65. The minimum Gasteiger partial charge on any atom is -0.476 e. The first kappa shape index (κ1) is 10.5. The molecule has 0 aliphatic heterocycles. The molecule has 0 atom stereocenters. The Morgan fingerprint density at radius 2 is 2.31 bits per heavy atom. The second-order valence-corrected chi connectivity index (χ2v) is 3.36. The SMILES string of the molecule is CCCOc1nc(-n2cccn2)ccc1N. The van der Waals surface area contributed by atoms with Crippen molar-refractivity contribution in [1.82, 2.24) is 14.8 Å². The molecule has 0 spiro atoms. The number of hydrogen-bond donors (Lipinski definition) is 1. The van der Waals surface area contributed by atoms with Gasteiger partial charge >= 0.3 is 0 Å². The van der Waals surface area contributed by atoms with Gasteiger partial charge in [0.1, 0.15) is 0 Å². The maximum atomic E-state index is 5.77. The maximum Gasteiger partial charge on any atom is 0.239 e. The zero-order valence-corrected chi connectivity index (χ0v) is 9.13. The highest BCUT2D eigenvalue weighted by Gasteiger charge is 2.05. The van der Waals surface area contributed by atoms with Gasteiger partial charge in [-0.15, -0.1) is 0 Å². The van der Waals surface area contributed by atoms with Crippen LogP contribution in [-0.2, 0) is 0 Å². The molecular weight excluding hydrogens is 204 g/mol. The highest BCUT2D eigenvalue weighted by molar-refractivity contribution is 5.50. The monoisotopic (exact) mass is 218 g/mol.